The van der Waals surface area contributed by atoms with Crippen molar-refractivity contribution in [3.05, 3.63) is 53.3 Å². The van der Waals surface area contributed by atoms with Gasteiger partial charge in [0.1, 0.15) is 4.90 Å². The van der Waals surface area contributed by atoms with E-state index in [1.54, 1.807) is 0 Å². The molecule has 0 aliphatic heterocycles. The van der Waals surface area contributed by atoms with E-state index in [2.05, 4.69) is 43.9 Å². The number of sulfonamides is 1. The van der Waals surface area contributed by atoms with Gasteiger partial charge in [0.05, 0.1) is 5.69 Å². The number of nitrogen functional groups attached to an aromatic ring is 1. The molecule has 4 N–H and O–H groups in total. The third-order valence-corrected chi connectivity index (χ3v) is 13.2. The first-order chi connectivity index (χ1) is 17.0. The summed E-state index contributed by atoms with van der Waals surface area (Å²) in [6, 6.07) is 4.57. The van der Waals surface area contributed by atoms with Crippen molar-refractivity contribution in [2.75, 3.05) is 11.1 Å². The van der Waals surface area contributed by atoms with E-state index in [1.807, 2.05) is 0 Å². The molecule has 204 valence electrons. The van der Waals surface area contributed by atoms with Crippen LogP contribution in [0.25, 0.3) is 0 Å². The second-order valence-corrected chi connectivity index (χ2v) is 17.4. The highest BCUT2D eigenvalue weighted by molar-refractivity contribution is 7.89. The van der Waals surface area contributed by atoms with E-state index in [1.165, 1.54) is 12.1 Å². The van der Waals surface area contributed by atoms with Crippen LogP contribution in [0.5, 0.6) is 0 Å². The minimum absolute atomic E-state index is 0.0575. The number of benzene rings is 2. The highest BCUT2D eigenvalue weighted by atomic mass is 32.2. The SMILES string of the molecule is CC(C)(C)[Si](C)(C)OC1CCC(NS(=O)(=O)c2cc(C(=O)Nc3cc(F)c(F)c(F)c3)ccc2N)CC1. The van der Waals surface area contributed by atoms with E-state index >= 15 is 0 Å². The predicted octanol–water partition coefficient (Wildman–Crippen LogP) is 5.55. The van der Waals surface area contributed by atoms with Crippen LogP contribution in [0, 0.1) is 17.5 Å². The van der Waals surface area contributed by atoms with Crippen molar-refractivity contribution < 1.29 is 30.8 Å². The van der Waals surface area contributed by atoms with Crippen molar-refractivity contribution in [2.45, 2.75) is 81.6 Å². The van der Waals surface area contributed by atoms with Crippen molar-refractivity contribution in [1.82, 2.24) is 4.72 Å². The quantitative estimate of drug-likeness (QED) is 0.235. The first-order valence-corrected chi connectivity index (χ1v) is 16.4. The number of halogens is 3. The lowest BCUT2D eigenvalue weighted by Gasteiger charge is -2.41. The third-order valence-electron chi connectivity index (χ3n) is 7.07. The number of nitrogens with two attached hydrogens (primary N) is 1. The van der Waals surface area contributed by atoms with Crippen LogP contribution in [0.3, 0.4) is 0 Å². The van der Waals surface area contributed by atoms with Crippen LogP contribution in [0.1, 0.15) is 56.8 Å². The zero-order valence-corrected chi connectivity index (χ0v) is 23.4. The number of carbonyl (C=O) groups is 1. The Bertz CT molecular complexity index is 1250. The summed E-state index contributed by atoms with van der Waals surface area (Å²) in [6.45, 7) is 10.9. The van der Waals surface area contributed by atoms with Gasteiger partial charge < -0.3 is 15.5 Å². The van der Waals surface area contributed by atoms with Gasteiger partial charge in [0.25, 0.3) is 5.91 Å². The summed E-state index contributed by atoms with van der Waals surface area (Å²) >= 11 is 0. The molecule has 2 aromatic rings. The average Bonchev–Trinajstić information content (AvgIpc) is 2.77. The summed E-state index contributed by atoms with van der Waals surface area (Å²) in [5, 5.41) is 2.31. The van der Waals surface area contributed by atoms with Gasteiger partial charge in [0, 0.05) is 35.5 Å². The number of hydrogen-bond donors (Lipinski definition) is 3. The molecule has 1 aliphatic rings. The van der Waals surface area contributed by atoms with Crippen LogP contribution >= 0.6 is 0 Å². The fourth-order valence-corrected chi connectivity index (χ4v) is 6.80. The van der Waals surface area contributed by atoms with Crippen molar-refractivity contribution in [1.29, 1.82) is 0 Å². The van der Waals surface area contributed by atoms with Crippen LogP contribution < -0.4 is 15.8 Å². The molecule has 1 saturated carbocycles. The molecule has 0 bridgehead atoms. The second kappa shape index (κ2) is 10.8. The van der Waals surface area contributed by atoms with Gasteiger partial charge in [-0.3, -0.25) is 4.79 Å². The summed E-state index contributed by atoms with van der Waals surface area (Å²) < 4.78 is 75.5. The number of nitrogens with one attached hydrogen (secondary N) is 2. The lowest BCUT2D eigenvalue weighted by atomic mass is 9.94. The highest BCUT2D eigenvalue weighted by Gasteiger charge is 2.40. The number of anilines is 2. The van der Waals surface area contributed by atoms with E-state index < -0.39 is 41.7 Å². The Morgan fingerprint density at radius 1 is 1.03 bits per heavy atom. The number of rotatable bonds is 7. The fourth-order valence-electron chi connectivity index (χ4n) is 3.91. The monoisotopic (exact) mass is 557 g/mol. The van der Waals surface area contributed by atoms with E-state index in [4.69, 9.17) is 10.2 Å². The van der Waals surface area contributed by atoms with Gasteiger partial charge in [-0.2, -0.15) is 0 Å². The molecule has 7 nitrogen and oxygen atoms in total. The summed E-state index contributed by atoms with van der Waals surface area (Å²) in [5.74, 6) is -5.44. The molecule has 0 saturated heterocycles. The molecule has 0 radical (unpaired) electrons. The fraction of sp³-hybridized carbons (Fsp3) is 0.480. The molecule has 0 aromatic heterocycles. The summed E-state index contributed by atoms with van der Waals surface area (Å²) in [5.41, 5.74) is 5.43. The molecule has 1 aliphatic carbocycles. The smallest absolute Gasteiger partial charge is 0.255 e. The largest absolute Gasteiger partial charge is 0.414 e. The normalized spacial score (nSPS) is 19.0. The topological polar surface area (TPSA) is 111 Å². The van der Waals surface area contributed by atoms with Crippen LogP contribution in [0.4, 0.5) is 24.5 Å². The molecular weight excluding hydrogens is 523 g/mol. The molecule has 12 heteroatoms. The standard InChI is InChI=1S/C25H34F3N3O4SSi/c1-25(2,3)37(4,5)35-18-9-7-16(8-10-18)31-36(33,34)22-12-15(6-11-21(22)29)24(32)30-17-13-19(26)23(28)20(27)14-17/h6,11-14,16,18,31H,7-10,29H2,1-5H3,(H,30,32). The van der Waals surface area contributed by atoms with Crippen LogP contribution in [0.2, 0.25) is 18.1 Å². The van der Waals surface area contributed by atoms with E-state index in [-0.39, 0.29) is 39.0 Å². The van der Waals surface area contributed by atoms with Gasteiger partial charge in [-0.1, -0.05) is 20.8 Å². The third kappa shape index (κ3) is 6.92. The lowest BCUT2D eigenvalue weighted by molar-refractivity contribution is 0.102. The Morgan fingerprint density at radius 3 is 2.14 bits per heavy atom. The maximum absolute atomic E-state index is 13.5. The second-order valence-electron chi connectivity index (χ2n) is 10.9. The molecule has 0 heterocycles. The van der Waals surface area contributed by atoms with Gasteiger partial charge in [-0.25, -0.2) is 26.3 Å². The van der Waals surface area contributed by atoms with E-state index in [0.717, 1.165) is 18.9 Å². The zero-order valence-electron chi connectivity index (χ0n) is 21.6. The Balaban J connectivity index is 1.69. The number of amides is 1. The molecule has 3 rings (SSSR count). The van der Waals surface area contributed by atoms with Gasteiger partial charge in [-0.05, 0) is 62.0 Å². The zero-order chi connectivity index (χ0) is 27.8. The minimum Gasteiger partial charge on any atom is -0.414 e. The summed E-state index contributed by atoms with van der Waals surface area (Å²) in [4.78, 5) is 12.3. The lowest BCUT2D eigenvalue weighted by Crippen LogP contribution is -2.46. The molecule has 0 unspecified atom stereocenters. The van der Waals surface area contributed by atoms with Gasteiger partial charge in [0.15, 0.2) is 25.8 Å². The highest BCUT2D eigenvalue weighted by Crippen LogP contribution is 2.39. The average molecular weight is 558 g/mol. The van der Waals surface area contributed by atoms with Crippen molar-refractivity contribution in [2.24, 2.45) is 0 Å². The molecular formula is C25H34F3N3O4SSi. The van der Waals surface area contributed by atoms with Crippen LogP contribution in [0.15, 0.2) is 35.2 Å². The van der Waals surface area contributed by atoms with E-state index in [9.17, 15) is 26.4 Å². The molecule has 2 aromatic carbocycles. The number of carbonyl (C=O) groups excluding carboxylic acids is 1. The number of hydrogen-bond acceptors (Lipinski definition) is 5. The Hall–Kier alpha value is -2.41. The first-order valence-electron chi connectivity index (χ1n) is 12.1. The van der Waals surface area contributed by atoms with Crippen molar-refractivity contribution >= 4 is 35.6 Å². The molecule has 1 fully saturated rings. The minimum atomic E-state index is -4.07. The van der Waals surface area contributed by atoms with Gasteiger partial charge in [-0.15, -0.1) is 0 Å². The first kappa shape index (κ1) is 29.1. The van der Waals surface area contributed by atoms with Gasteiger partial charge >= 0.3 is 0 Å². The Kier molecular flexibility index (Phi) is 8.47. The maximum Gasteiger partial charge on any atom is 0.255 e. The summed E-state index contributed by atoms with van der Waals surface area (Å²) in [6.07, 6.45) is 2.73. The predicted molar refractivity (Wildman–Crippen MR) is 140 cm³/mol. The molecule has 1 amide bonds. The van der Waals surface area contributed by atoms with Crippen molar-refractivity contribution in [3.63, 3.8) is 0 Å². The summed E-state index contributed by atoms with van der Waals surface area (Å²) in [7, 11) is -6.00. The van der Waals surface area contributed by atoms with Gasteiger partial charge in [0.2, 0.25) is 10.0 Å². The van der Waals surface area contributed by atoms with Crippen LogP contribution in [-0.2, 0) is 14.4 Å². The molecule has 0 atom stereocenters. The Labute approximate surface area is 217 Å². The molecule has 37 heavy (non-hydrogen) atoms. The molecule has 0 spiro atoms. The van der Waals surface area contributed by atoms with E-state index in [0.29, 0.717) is 25.0 Å². The van der Waals surface area contributed by atoms with Crippen LogP contribution in [-0.4, -0.2) is 34.8 Å². The van der Waals surface area contributed by atoms with Crippen molar-refractivity contribution in [3.8, 4) is 0 Å². The maximum atomic E-state index is 13.5. The Morgan fingerprint density at radius 2 is 1.59 bits per heavy atom.